The smallest absolute Gasteiger partial charge is 0.418 e. The molecular weight excluding hydrogens is 368 g/mol. The van der Waals surface area contributed by atoms with Crippen molar-refractivity contribution in [2.75, 3.05) is 12.4 Å². The van der Waals surface area contributed by atoms with Crippen LogP contribution in [0.4, 0.5) is 0 Å². The van der Waals surface area contributed by atoms with E-state index in [1.54, 1.807) is 25.6 Å². The number of benzene rings is 1. The van der Waals surface area contributed by atoms with E-state index in [0.29, 0.717) is 12.3 Å². The molecule has 3 rings (SSSR count). The Morgan fingerprint density at radius 2 is 1.96 bits per heavy atom. The van der Waals surface area contributed by atoms with Crippen LogP contribution in [-0.4, -0.2) is 41.6 Å². The molecule has 2 aliphatic rings. The summed E-state index contributed by atoms with van der Waals surface area (Å²) >= 11 is 1.74. The SMILES string of the molecule is CCOC(=O)C(=O)O[C@]1(C)CC[C@@H]2C[C@H]1OO[C@@]2(C)CSc1ccccc1. The molecule has 1 heterocycles. The minimum atomic E-state index is -0.977. The monoisotopic (exact) mass is 394 g/mol. The maximum atomic E-state index is 12.0. The second kappa shape index (κ2) is 8.20. The summed E-state index contributed by atoms with van der Waals surface area (Å²) in [5.41, 5.74) is -1.31. The molecule has 0 aromatic heterocycles. The molecule has 27 heavy (non-hydrogen) atoms. The standard InChI is InChI=1S/C20H26O6S/c1-4-23-17(21)18(22)24-19(2)11-10-14-12-16(19)25-26-20(14,3)13-27-15-8-6-5-7-9-15/h5-9,14,16H,4,10-13H2,1-3H3/t14-,16-,19-,20+/m1/s1. The Morgan fingerprint density at radius 3 is 2.67 bits per heavy atom. The van der Waals surface area contributed by atoms with E-state index in [-0.39, 0.29) is 6.61 Å². The zero-order valence-corrected chi connectivity index (χ0v) is 16.8. The van der Waals surface area contributed by atoms with Gasteiger partial charge in [0.2, 0.25) is 0 Å². The molecule has 0 radical (unpaired) electrons. The summed E-state index contributed by atoms with van der Waals surface area (Å²) in [5.74, 6) is -0.883. The molecule has 0 unspecified atom stereocenters. The third-order valence-corrected chi connectivity index (χ3v) is 6.75. The molecule has 2 fully saturated rings. The fourth-order valence-electron chi connectivity index (χ4n) is 3.62. The van der Waals surface area contributed by atoms with E-state index in [4.69, 9.17) is 19.2 Å². The second-order valence-corrected chi connectivity index (χ2v) is 8.53. The predicted molar refractivity (Wildman–Crippen MR) is 100 cm³/mol. The summed E-state index contributed by atoms with van der Waals surface area (Å²) in [7, 11) is 0. The van der Waals surface area contributed by atoms with E-state index in [2.05, 4.69) is 19.1 Å². The van der Waals surface area contributed by atoms with Crippen LogP contribution in [0.5, 0.6) is 0 Å². The average Bonchev–Trinajstić information content (AvgIpc) is 2.66. The minimum Gasteiger partial charge on any atom is -0.458 e. The molecule has 1 saturated heterocycles. The molecular formula is C20H26O6S. The third kappa shape index (κ3) is 4.47. The van der Waals surface area contributed by atoms with Crippen LogP contribution in [-0.2, 0) is 28.8 Å². The highest BCUT2D eigenvalue weighted by Crippen LogP contribution is 2.48. The molecule has 0 amide bonds. The quantitative estimate of drug-likeness (QED) is 0.327. The zero-order valence-electron chi connectivity index (χ0n) is 15.9. The Kier molecular flexibility index (Phi) is 6.13. The predicted octanol–water partition coefficient (Wildman–Crippen LogP) is 3.53. The van der Waals surface area contributed by atoms with Crippen LogP contribution in [0.2, 0.25) is 0 Å². The molecule has 1 saturated carbocycles. The van der Waals surface area contributed by atoms with Crippen molar-refractivity contribution in [2.45, 2.75) is 62.2 Å². The van der Waals surface area contributed by atoms with Gasteiger partial charge < -0.3 is 9.47 Å². The molecule has 0 N–H and O–H groups in total. The van der Waals surface area contributed by atoms with Crippen LogP contribution in [0.15, 0.2) is 35.2 Å². The van der Waals surface area contributed by atoms with Crippen molar-refractivity contribution in [1.29, 1.82) is 0 Å². The summed E-state index contributed by atoms with van der Waals surface area (Å²) < 4.78 is 10.2. The second-order valence-electron chi connectivity index (χ2n) is 7.48. The molecule has 2 bridgehead atoms. The number of ether oxygens (including phenoxy) is 2. The molecule has 4 atom stereocenters. The fourth-order valence-corrected chi connectivity index (χ4v) is 4.71. The van der Waals surface area contributed by atoms with Gasteiger partial charge in [-0.1, -0.05) is 18.2 Å². The lowest BCUT2D eigenvalue weighted by Crippen LogP contribution is -2.59. The van der Waals surface area contributed by atoms with Crippen molar-refractivity contribution < 1.29 is 28.8 Å². The van der Waals surface area contributed by atoms with Crippen LogP contribution in [0.3, 0.4) is 0 Å². The van der Waals surface area contributed by atoms with Gasteiger partial charge in [0.1, 0.15) is 17.3 Å². The van der Waals surface area contributed by atoms with Crippen molar-refractivity contribution in [2.24, 2.45) is 5.92 Å². The van der Waals surface area contributed by atoms with E-state index in [1.165, 1.54) is 4.90 Å². The van der Waals surface area contributed by atoms with Gasteiger partial charge in [-0.15, -0.1) is 11.8 Å². The van der Waals surface area contributed by atoms with E-state index < -0.39 is 29.2 Å². The van der Waals surface area contributed by atoms with Crippen LogP contribution in [0.1, 0.15) is 40.0 Å². The van der Waals surface area contributed by atoms with Gasteiger partial charge in [-0.2, -0.15) is 0 Å². The molecule has 0 spiro atoms. The Labute approximate surface area is 163 Å². The number of carbonyl (C=O) groups excluding carboxylic acids is 2. The lowest BCUT2D eigenvalue weighted by molar-refractivity contribution is -0.441. The Bertz CT molecular complexity index is 680. The van der Waals surface area contributed by atoms with Crippen LogP contribution in [0, 0.1) is 5.92 Å². The lowest BCUT2D eigenvalue weighted by atomic mass is 9.71. The number of fused-ring (bicyclic) bond motifs is 2. The van der Waals surface area contributed by atoms with E-state index in [1.807, 2.05) is 18.2 Å². The summed E-state index contributed by atoms with van der Waals surface area (Å²) in [6.45, 7) is 5.63. The van der Waals surface area contributed by atoms with Crippen molar-refractivity contribution in [3.63, 3.8) is 0 Å². The van der Waals surface area contributed by atoms with E-state index >= 15 is 0 Å². The first-order chi connectivity index (χ1) is 12.9. The van der Waals surface area contributed by atoms with Gasteiger partial charge in [-0.25, -0.2) is 19.4 Å². The number of esters is 2. The van der Waals surface area contributed by atoms with Crippen molar-refractivity contribution >= 4 is 23.7 Å². The van der Waals surface area contributed by atoms with Crippen molar-refractivity contribution in [3.8, 4) is 0 Å². The maximum absolute atomic E-state index is 12.0. The van der Waals surface area contributed by atoms with Crippen molar-refractivity contribution in [3.05, 3.63) is 30.3 Å². The van der Waals surface area contributed by atoms with Gasteiger partial charge >= 0.3 is 11.9 Å². The molecule has 1 aromatic carbocycles. The molecule has 7 heteroatoms. The van der Waals surface area contributed by atoms with Gasteiger partial charge in [-0.3, -0.25) is 0 Å². The van der Waals surface area contributed by atoms with Crippen LogP contribution >= 0.6 is 11.8 Å². The first kappa shape index (κ1) is 20.2. The normalized spacial score (nSPS) is 32.6. The summed E-state index contributed by atoms with van der Waals surface area (Å²) in [4.78, 5) is 36.2. The topological polar surface area (TPSA) is 71.1 Å². The van der Waals surface area contributed by atoms with E-state index in [9.17, 15) is 9.59 Å². The summed E-state index contributed by atoms with van der Waals surface area (Å²) in [6.07, 6.45) is 1.77. The minimum absolute atomic E-state index is 0.132. The highest BCUT2D eigenvalue weighted by molar-refractivity contribution is 7.99. The number of rotatable bonds is 5. The summed E-state index contributed by atoms with van der Waals surface area (Å²) in [6, 6.07) is 10.2. The highest BCUT2D eigenvalue weighted by atomic mass is 32.2. The lowest BCUT2D eigenvalue weighted by Gasteiger charge is -2.51. The Balaban J connectivity index is 1.60. The van der Waals surface area contributed by atoms with Gasteiger partial charge in [-0.05, 0) is 58.1 Å². The van der Waals surface area contributed by atoms with Gasteiger partial charge in [0.05, 0.1) is 6.61 Å². The van der Waals surface area contributed by atoms with Crippen molar-refractivity contribution in [1.82, 2.24) is 0 Å². The van der Waals surface area contributed by atoms with Crippen LogP contribution in [0.25, 0.3) is 0 Å². The molecule has 6 nitrogen and oxygen atoms in total. The fraction of sp³-hybridized carbons (Fsp3) is 0.600. The molecule has 1 aliphatic carbocycles. The number of carbonyl (C=O) groups is 2. The average molecular weight is 394 g/mol. The molecule has 148 valence electrons. The zero-order chi connectivity index (χ0) is 19.5. The first-order valence-corrected chi connectivity index (χ1v) is 10.3. The number of hydrogen-bond donors (Lipinski definition) is 0. The largest absolute Gasteiger partial charge is 0.458 e. The Hall–Kier alpha value is -1.57. The third-order valence-electron chi connectivity index (χ3n) is 5.42. The van der Waals surface area contributed by atoms with Gasteiger partial charge in [0.25, 0.3) is 0 Å². The molecule has 1 aromatic rings. The Morgan fingerprint density at radius 1 is 1.22 bits per heavy atom. The number of hydrogen-bond acceptors (Lipinski definition) is 7. The molecule has 1 aliphatic heterocycles. The summed E-state index contributed by atoms with van der Waals surface area (Å²) in [5, 5.41) is 0. The maximum Gasteiger partial charge on any atom is 0.418 e. The van der Waals surface area contributed by atoms with E-state index in [0.717, 1.165) is 18.6 Å². The van der Waals surface area contributed by atoms with Crippen LogP contribution < -0.4 is 0 Å². The number of thioether (sulfide) groups is 1. The highest BCUT2D eigenvalue weighted by Gasteiger charge is 2.54. The van der Waals surface area contributed by atoms with Gasteiger partial charge in [0, 0.05) is 10.6 Å². The first-order valence-electron chi connectivity index (χ1n) is 9.29. The van der Waals surface area contributed by atoms with Gasteiger partial charge in [0.15, 0.2) is 0 Å².